The van der Waals surface area contributed by atoms with Crippen molar-refractivity contribution in [1.82, 2.24) is 10.2 Å². The molecular weight excluding hydrogens is 495 g/mol. The summed E-state index contributed by atoms with van der Waals surface area (Å²) in [6.07, 6.45) is 0.675. The molecule has 1 aliphatic heterocycles. The molecule has 0 saturated carbocycles. The molecule has 1 aliphatic rings. The Morgan fingerprint density at radius 3 is 2.22 bits per heavy atom. The van der Waals surface area contributed by atoms with Crippen LogP contribution in [0.3, 0.4) is 0 Å². The average molecular weight is 525 g/mol. The Kier molecular flexibility index (Phi) is 8.55. The van der Waals surface area contributed by atoms with E-state index >= 15 is 0 Å². The van der Waals surface area contributed by atoms with Crippen molar-refractivity contribution in [2.24, 2.45) is 0 Å². The van der Waals surface area contributed by atoms with Crippen LogP contribution >= 0.6 is 11.8 Å². The number of ether oxygens (including phenoxy) is 3. The molecule has 2 atom stereocenters. The minimum Gasteiger partial charge on any atom is -0.493 e. The van der Waals surface area contributed by atoms with Gasteiger partial charge < -0.3 is 24.4 Å². The second-order valence-electron chi connectivity index (χ2n) is 8.41. The van der Waals surface area contributed by atoms with Crippen LogP contribution in [0, 0.1) is 5.82 Å². The summed E-state index contributed by atoms with van der Waals surface area (Å²) in [7, 11) is 4.43. The molecule has 0 aliphatic carbocycles. The SMILES string of the molecule is COc1cc(C(=O)N2C(C(=O)NCCc3ccccc3)CSC2c2ccc(F)cc2)cc(OC)c1OC. The van der Waals surface area contributed by atoms with Crippen LogP contribution in [0.25, 0.3) is 0 Å². The first-order valence-electron chi connectivity index (χ1n) is 11.8. The van der Waals surface area contributed by atoms with E-state index in [0.717, 1.165) is 11.1 Å². The quantitative estimate of drug-likeness (QED) is 0.445. The van der Waals surface area contributed by atoms with Crippen molar-refractivity contribution in [1.29, 1.82) is 0 Å². The van der Waals surface area contributed by atoms with Crippen molar-refractivity contribution >= 4 is 23.6 Å². The average Bonchev–Trinajstić information content (AvgIpc) is 3.38. The van der Waals surface area contributed by atoms with Gasteiger partial charge >= 0.3 is 0 Å². The molecule has 1 fully saturated rings. The van der Waals surface area contributed by atoms with Crippen molar-refractivity contribution in [3.8, 4) is 17.2 Å². The summed E-state index contributed by atoms with van der Waals surface area (Å²) >= 11 is 1.46. The highest BCUT2D eigenvalue weighted by Crippen LogP contribution is 2.44. The van der Waals surface area contributed by atoms with Crippen molar-refractivity contribution < 1.29 is 28.2 Å². The number of hydrogen-bond donors (Lipinski definition) is 1. The third kappa shape index (κ3) is 5.83. The lowest BCUT2D eigenvalue weighted by atomic mass is 10.1. The number of nitrogens with one attached hydrogen (secondary N) is 1. The van der Waals surface area contributed by atoms with Crippen LogP contribution in [0.5, 0.6) is 17.2 Å². The number of carbonyl (C=O) groups excluding carboxylic acids is 2. The highest BCUT2D eigenvalue weighted by atomic mass is 32.2. The highest BCUT2D eigenvalue weighted by molar-refractivity contribution is 7.99. The first-order chi connectivity index (χ1) is 18.0. The second kappa shape index (κ2) is 12.0. The zero-order valence-electron chi connectivity index (χ0n) is 20.9. The minimum atomic E-state index is -0.720. The first-order valence-corrected chi connectivity index (χ1v) is 12.8. The number of carbonyl (C=O) groups is 2. The molecule has 9 heteroatoms. The van der Waals surface area contributed by atoms with Crippen molar-refractivity contribution in [3.05, 3.63) is 89.2 Å². The molecule has 0 spiro atoms. The normalized spacial score (nSPS) is 16.8. The summed E-state index contributed by atoms with van der Waals surface area (Å²) < 4.78 is 29.9. The van der Waals surface area contributed by atoms with E-state index in [4.69, 9.17) is 14.2 Å². The van der Waals surface area contributed by atoms with Gasteiger partial charge in [-0.2, -0.15) is 0 Å². The maximum absolute atomic E-state index is 14.0. The molecule has 2 amide bonds. The van der Waals surface area contributed by atoms with E-state index in [1.807, 2.05) is 30.3 Å². The monoisotopic (exact) mass is 524 g/mol. The van der Waals surface area contributed by atoms with Gasteiger partial charge in [0.15, 0.2) is 11.5 Å². The van der Waals surface area contributed by atoms with E-state index in [-0.39, 0.29) is 23.2 Å². The van der Waals surface area contributed by atoms with Crippen LogP contribution < -0.4 is 19.5 Å². The van der Waals surface area contributed by atoms with Crippen LogP contribution in [0.4, 0.5) is 4.39 Å². The van der Waals surface area contributed by atoms with Gasteiger partial charge in [-0.1, -0.05) is 42.5 Å². The first kappa shape index (κ1) is 26.3. The van der Waals surface area contributed by atoms with Crippen LogP contribution in [-0.4, -0.2) is 56.4 Å². The molecule has 0 bridgehead atoms. The zero-order valence-corrected chi connectivity index (χ0v) is 21.7. The fraction of sp³-hybridized carbons (Fsp3) is 0.286. The van der Waals surface area contributed by atoms with Gasteiger partial charge in [0.25, 0.3) is 5.91 Å². The van der Waals surface area contributed by atoms with Crippen molar-refractivity contribution in [2.75, 3.05) is 33.6 Å². The van der Waals surface area contributed by atoms with E-state index in [0.29, 0.717) is 36.0 Å². The van der Waals surface area contributed by atoms with Gasteiger partial charge in [0, 0.05) is 17.9 Å². The minimum absolute atomic E-state index is 0.242. The lowest BCUT2D eigenvalue weighted by molar-refractivity contribution is -0.124. The summed E-state index contributed by atoms with van der Waals surface area (Å²) in [6, 6.07) is 18.3. The van der Waals surface area contributed by atoms with Gasteiger partial charge in [0.05, 0.1) is 21.3 Å². The molecular formula is C28H29FN2O5S. The van der Waals surface area contributed by atoms with Crippen LogP contribution in [0.15, 0.2) is 66.7 Å². The number of benzene rings is 3. The fourth-order valence-corrected chi connectivity index (χ4v) is 5.72. The molecule has 7 nitrogen and oxygen atoms in total. The summed E-state index contributed by atoms with van der Waals surface area (Å²) in [5.41, 5.74) is 2.12. The number of rotatable bonds is 9. The Labute approximate surface area is 219 Å². The molecule has 3 aromatic carbocycles. The number of hydrogen-bond acceptors (Lipinski definition) is 6. The number of methoxy groups -OCH3 is 3. The van der Waals surface area contributed by atoms with E-state index in [1.165, 1.54) is 45.2 Å². The van der Waals surface area contributed by atoms with Crippen LogP contribution in [0.2, 0.25) is 0 Å². The third-order valence-electron chi connectivity index (χ3n) is 6.16. The molecule has 4 rings (SSSR count). The second-order valence-corrected chi connectivity index (χ2v) is 9.52. The molecule has 1 saturated heterocycles. The molecule has 194 valence electrons. The molecule has 1 N–H and O–H groups in total. The molecule has 0 aromatic heterocycles. The maximum atomic E-state index is 14.0. The van der Waals surface area contributed by atoms with Crippen LogP contribution in [-0.2, 0) is 11.2 Å². The van der Waals surface area contributed by atoms with Gasteiger partial charge in [-0.15, -0.1) is 11.8 Å². The third-order valence-corrected chi connectivity index (χ3v) is 7.48. The van der Waals surface area contributed by atoms with E-state index in [9.17, 15) is 14.0 Å². The number of amides is 2. The Morgan fingerprint density at radius 1 is 0.973 bits per heavy atom. The smallest absolute Gasteiger partial charge is 0.256 e. The number of nitrogens with zero attached hydrogens (tertiary/aromatic N) is 1. The highest BCUT2D eigenvalue weighted by Gasteiger charge is 2.43. The maximum Gasteiger partial charge on any atom is 0.256 e. The lowest BCUT2D eigenvalue weighted by Crippen LogP contribution is -2.48. The largest absolute Gasteiger partial charge is 0.493 e. The Balaban J connectivity index is 1.63. The van der Waals surface area contributed by atoms with Gasteiger partial charge in [0.2, 0.25) is 11.7 Å². The molecule has 37 heavy (non-hydrogen) atoms. The predicted octanol–water partition coefficient (Wildman–Crippen LogP) is 4.47. The zero-order chi connectivity index (χ0) is 26.4. The van der Waals surface area contributed by atoms with E-state index in [2.05, 4.69) is 5.32 Å². The van der Waals surface area contributed by atoms with Crippen molar-refractivity contribution in [2.45, 2.75) is 17.8 Å². The van der Waals surface area contributed by atoms with E-state index < -0.39 is 11.4 Å². The molecule has 1 heterocycles. The van der Waals surface area contributed by atoms with Gasteiger partial charge in [-0.05, 0) is 41.8 Å². The van der Waals surface area contributed by atoms with Gasteiger partial charge in [0.1, 0.15) is 17.2 Å². The fourth-order valence-electron chi connectivity index (χ4n) is 4.29. The number of thioether (sulfide) groups is 1. The van der Waals surface area contributed by atoms with E-state index in [1.54, 1.807) is 29.2 Å². The van der Waals surface area contributed by atoms with Gasteiger partial charge in [-0.25, -0.2) is 4.39 Å². The summed E-state index contributed by atoms with van der Waals surface area (Å²) in [4.78, 5) is 28.8. The predicted molar refractivity (Wildman–Crippen MR) is 141 cm³/mol. The Hall–Kier alpha value is -3.72. The summed E-state index contributed by atoms with van der Waals surface area (Å²) in [5.74, 6) is 0.441. The number of halogens is 1. The van der Waals surface area contributed by atoms with Gasteiger partial charge in [-0.3, -0.25) is 9.59 Å². The molecule has 3 aromatic rings. The summed E-state index contributed by atoms with van der Waals surface area (Å²) in [6.45, 7) is 0.442. The molecule has 0 radical (unpaired) electrons. The lowest BCUT2D eigenvalue weighted by Gasteiger charge is -2.29. The van der Waals surface area contributed by atoms with Crippen LogP contribution in [0.1, 0.15) is 26.9 Å². The topological polar surface area (TPSA) is 77.1 Å². The molecule has 2 unspecified atom stereocenters. The van der Waals surface area contributed by atoms with Crippen molar-refractivity contribution in [3.63, 3.8) is 0 Å². The Morgan fingerprint density at radius 2 is 1.62 bits per heavy atom. The Bertz CT molecular complexity index is 1210. The standard InChI is InChI=1S/C28H29FN2O5S/c1-34-23-15-20(16-24(35-2)25(23)36-3)27(33)31-22(17-37-28(31)19-9-11-21(29)12-10-19)26(32)30-14-13-18-7-5-4-6-8-18/h4-12,15-16,22,28H,13-14,17H2,1-3H3,(H,30,32). The summed E-state index contributed by atoms with van der Waals surface area (Å²) in [5, 5.41) is 2.50.